The van der Waals surface area contributed by atoms with Crippen molar-refractivity contribution in [3.63, 3.8) is 0 Å². The summed E-state index contributed by atoms with van der Waals surface area (Å²) in [6.07, 6.45) is 2.48. The lowest BCUT2D eigenvalue weighted by atomic mass is 10.0. The van der Waals surface area contributed by atoms with Gasteiger partial charge in [-0.15, -0.1) is 24.0 Å². The standard InChI is InChI=1S/C12H20N4O.HI/c1-9-4-3-5-16(8-9)12(13)14-7-11-6-10(2)15-17-11;/h6,9H,3-5,7-8H2,1-2H3,(H2,13,14);1H. The maximum absolute atomic E-state index is 5.98. The van der Waals surface area contributed by atoms with Crippen LogP contribution in [0.25, 0.3) is 0 Å². The minimum Gasteiger partial charge on any atom is -0.370 e. The Kier molecular flexibility index (Phi) is 5.90. The van der Waals surface area contributed by atoms with Crippen LogP contribution in [0, 0.1) is 12.8 Å². The Balaban J connectivity index is 0.00000162. The first-order valence-electron chi connectivity index (χ1n) is 6.12. The van der Waals surface area contributed by atoms with Crippen molar-refractivity contribution >= 4 is 29.9 Å². The molecule has 1 aromatic heterocycles. The van der Waals surface area contributed by atoms with Crippen molar-refractivity contribution < 1.29 is 4.52 Å². The molecular weight excluding hydrogens is 343 g/mol. The maximum atomic E-state index is 5.98. The molecule has 2 rings (SSSR count). The van der Waals surface area contributed by atoms with Gasteiger partial charge in [-0.05, 0) is 25.7 Å². The van der Waals surface area contributed by atoms with Crippen molar-refractivity contribution in [2.45, 2.75) is 33.2 Å². The molecule has 0 spiro atoms. The highest BCUT2D eigenvalue weighted by molar-refractivity contribution is 14.0. The second-order valence-corrected chi connectivity index (χ2v) is 4.80. The molecule has 0 saturated carbocycles. The highest BCUT2D eigenvalue weighted by Crippen LogP contribution is 2.15. The van der Waals surface area contributed by atoms with Crippen LogP contribution >= 0.6 is 24.0 Å². The van der Waals surface area contributed by atoms with Gasteiger partial charge in [0.05, 0.1) is 5.69 Å². The monoisotopic (exact) mass is 364 g/mol. The Morgan fingerprint density at radius 3 is 3.06 bits per heavy atom. The molecule has 1 saturated heterocycles. The van der Waals surface area contributed by atoms with Crippen LogP contribution in [-0.2, 0) is 6.54 Å². The normalized spacial score (nSPS) is 20.7. The van der Waals surface area contributed by atoms with Gasteiger partial charge in [-0.2, -0.15) is 0 Å². The summed E-state index contributed by atoms with van der Waals surface area (Å²) in [6, 6.07) is 1.88. The average Bonchev–Trinajstić information content (AvgIpc) is 2.72. The molecule has 1 atom stereocenters. The van der Waals surface area contributed by atoms with Crippen molar-refractivity contribution in [3.05, 3.63) is 17.5 Å². The number of halogens is 1. The predicted octanol–water partition coefficient (Wildman–Crippen LogP) is 2.15. The Morgan fingerprint density at radius 2 is 2.44 bits per heavy atom. The lowest BCUT2D eigenvalue weighted by Gasteiger charge is -2.31. The molecule has 1 aliphatic rings. The molecular formula is C12H21IN4O. The average molecular weight is 364 g/mol. The molecule has 6 heteroatoms. The van der Waals surface area contributed by atoms with Crippen LogP contribution < -0.4 is 5.73 Å². The van der Waals surface area contributed by atoms with E-state index in [-0.39, 0.29) is 24.0 Å². The van der Waals surface area contributed by atoms with Crippen LogP contribution in [0.4, 0.5) is 0 Å². The SMILES string of the molecule is Cc1cc(CN=C(N)N2CCCC(C)C2)on1.I. The van der Waals surface area contributed by atoms with E-state index in [1.807, 2.05) is 13.0 Å². The number of hydrogen-bond donors (Lipinski definition) is 1. The Hall–Kier alpha value is -0.790. The third kappa shape index (κ3) is 4.15. The summed E-state index contributed by atoms with van der Waals surface area (Å²) in [6.45, 7) is 6.63. The molecule has 0 radical (unpaired) electrons. The van der Waals surface area contributed by atoms with Gasteiger partial charge < -0.3 is 15.2 Å². The molecule has 1 aliphatic heterocycles. The fourth-order valence-electron chi connectivity index (χ4n) is 2.15. The van der Waals surface area contributed by atoms with E-state index in [1.165, 1.54) is 12.8 Å². The lowest BCUT2D eigenvalue weighted by molar-refractivity contribution is 0.270. The van der Waals surface area contributed by atoms with E-state index in [4.69, 9.17) is 10.3 Å². The molecule has 1 aromatic rings. The summed E-state index contributed by atoms with van der Waals surface area (Å²) >= 11 is 0. The van der Waals surface area contributed by atoms with Crippen LogP contribution in [-0.4, -0.2) is 29.1 Å². The fraction of sp³-hybridized carbons (Fsp3) is 0.667. The van der Waals surface area contributed by atoms with E-state index in [1.54, 1.807) is 0 Å². The first-order chi connectivity index (χ1) is 8.15. The van der Waals surface area contributed by atoms with Crippen LogP contribution in [0.1, 0.15) is 31.2 Å². The number of nitrogens with two attached hydrogens (primary N) is 1. The summed E-state index contributed by atoms with van der Waals surface area (Å²) in [5.41, 5.74) is 6.85. The highest BCUT2D eigenvalue weighted by Gasteiger charge is 2.17. The number of hydrogen-bond acceptors (Lipinski definition) is 3. The Labute approximate surface area is 125 Å². The largest absolute Gasteiger partial charge is 0.370 e. The van der Waals surface area contributed by atoms with Gasteiger partial charge in [0.15, 0.2) is 11.7 Å². The number of piperidine rings is 1. The summed E-state index contributed by atoms with van der Waals surface area (Å²) < 4.78 is 5.09. The van der Waals surface area contributed by atoms with Crippen molar-refractivity contribution in [1.29, 1.82) is 0 Å². The van der Waals surface area contributed by atoms with E-state index in [0.717, 1.165) is 24.5 Å². The zero-order valence-corrected chi connectivity index (χ0v) is 13.3. The van der Waals surface area contributed by atoms with Gasteiger partial charge in [-0.3, -0.25) is 0 Å². The van der Waals surface area contributed by atoms with Gasteiger partial charge in [0, 0.05) is 19.2 Å². The number of aliphatic imine (C=N–C) groups is 1. The number of aromatic nitrogens is 1. The minimum atomic E-state index is 0. The van der Waals surface area contributed by atoms with E-state index >= 15 is 0 Å². The van der Waals surface area contributed by atoms with Crippen LogP contribution in [0.15, 0.2) is 15.6 Å². The maximum Gasteiger partial charge on any atom is 0.191 e. The molecule has 5 nitrogen and oxygen atoms in total. The Bertz CT molecular complexity index is 405. The Morgan fingerprint density at radius 1 is 1.67 bits per heavy atom. The lowest BCUT2D eigenvalue weighted by Crippen LogP contribution is -2.43. The van der Waals surface area contributed by atoms with Gasteiger partial charge in [0.1, 0.15) is 6.54 Å². The fourth-order valence-corrected chi connectivity index (χ4v) is 2.15. The predicted molar refractivity (Wildman–Crippen MR) is 82.0 cm³/mol. The molecule has 2 N–H and O–H groups in total. The zero-order valence-electron chi connectivity index (χ0n) is 10.9. The number of aryl methyl sites for hydroxylation is 1. The highest BCUT2D eigenvalue weighted by atomic mass is 127. The van der Waals surface area contributed by atoms with Crippen molar-refractivity contribution in [2.24, 2.45) is 16.6 Å². The molecule has 0 bridgehead atoms. The molecule has 1 unspecified atom stereocenters. The second-order valence-electron chi connectivity index (χ2n) is 4.80. The third-order valence-electron chi connectivity index (χ3n) is 3.05. The topological polar surface area (TPSA) is 67.7 Å². The summed E-state index contributed by atoms with van der Waals surface area (Å²) in [4.78, 5) is 6.50. The number of rotatable bonds is 2. The van der Waals surface area contributed by atoms with Crippen molar-refractivity contribution in [3.8, 4) is 0 Å². The van der Waals surface area contributed by atoms with Gasteiger partial charge >= 0.3 is 0 Å². The summed E-state index contributed by atoms with van der Waals surface area (Å²) in [5.74, 6) is 2.08. The van der Waals surface area contributed by atoms with E-state index < -0.39 is 0 Å². The van der Waals surface area contributed by atoms with Gasteiger partial charge in [0.25, 0.3) is 0 Å². The second kappa shape index (κ2) is 6.96. The van der Waals surface area contributed by atoms with Crippen LogP contribution in [0.3, 0.4) is 0 Å². The molecule has 1 fully saturated rings. The molecule has 2 heterocycles. The molecule has 0 amide bonds. The summed E-state index contributed by atoms with van der Waals surface area (Å²) in [5, 5.41) is 3.82. The van der Waals surface area contributed by atoms with Crippen molar-refractivity contribution in [2.75, 3.05) is 13.1 Å². The van der Waals surface area contributed by atoms with Gasteiger partial charge in [-0.25, -0.2) is 4.99 Å². The van der Waals surface area contributed by atoms with E-state index in [0.29, 0.717) is 18.4 Å². The quantitative estimate of drug-likeness (QED) is 0.496. The minimum absolute atomic E-state index is 0. The smallest absolute Gasteiger partial charge is 0.191 e. The number of nitrogens with zero attached hydrogens (tertiary/aromatic N) is 3. The first-order valence-corrected chi connectivity index (χ1v) is 6.12. The first kappa shape index (κ1) is 15.3. The third-order valence-corrected chi connectivity index (χ3v) is 3.05. The zero-order chi connectivity index (χ0) is 12.3. The van der Waals surface area contributed by atoms with Gasteiger partial charge in [0.2, 0.25) is 0 Å². The number of guanidine groups is 1. The van der Waals surface area contributed by atoms with E-state index in [2.05, 4.69) is 22.0 Å². The van der Waals surface area contributed by atoms with Crippen LogP contribution in [0.5, 0.6) is 0 Å². The van der Waals surface area contributed by atoms with Crippen molar-refractivity contribution in [1.82, 2.24) is 10.1 Å². The summed E-state index contributed by atoms with van der Waals surface area (Å²) in [7, 11) is 0. The molecule has 0 aromatic carbocycles. The molecule has 102 valence electrons. The molecule has 0 aliphatic carbocycles. The van der Waals surface area contributed by atoms with Gasteiger partial charge in [-0.1, -0.05) is 12.1 Å². The van der Waals surface area contributed by atoms with E-state index in [9.17, 15) is 0 Å². The van der Waals surface area contributed by atoms with Crippen LogP contribution in [0.2, 0.25) is 0 Å². The molecule has 18 heavy (non-hydrogen) atoms. The number of likely N-dealkylation sites (tertiary alicyclic amines) is 1.